The molecule has 0 spiro atoms. The molecule has 1 aliphatic carbocycles. The minimum absolute atomic E-state index is 0.0352. The molecule has 6 nitrogen and oxygen atoms in total. The molecule has 0 radical (unpaired) electrons. The summed E-state index contributed by atoms with van der Waals surface area (Å²) in [5.41, 5.74) is 4.60. The highest BCUT2D eigenvalue weighted by Crippen LogP contribution is 2.44. The number of nitrogens with zero attached hydrogens (tertiary/aromatic N) is 2. The van der Waals surface area contributed by atoms with Crippen LogP contribution in [0, 0.1) is 5.92 Å². The molecule has 2 atom stereocenters. The van der Waals surface area contributed by atoms with E-state index in [9.17, 15) is 22.4 Å². The number of likely N-dealkylation sites (N-methyl/N-ethyl adjacent to an activating group) is 1. The van der Waals surface area contributed by atoms with Crippen LogP contribution >= 0.6 is 0 Å². The highest BCUT2D eigenvalue weighted by atomic mass is 19.3. The average molecular weight is 399 g/mol. The van der Waals surface area contributed by atoms with E-state index in [2.05, 4.69) is 14.5 Å². The van der Waals surface area contributed by atoms with Gasteiger partial charge in [0.1, 0.15) is 11.5 Å². The van der Waals surface area contributed by atoms with Crippen molar-refractivity contribution < 1.29 is 31.8 Å². The van der Waals surface area contributed by atoms with E-state index in [-0.39, 0.29) is 23.9 Å². The number of benzene rings is 1. The zero-order valence-corrected chi connectivity index (χ0v) is 14.7. The zero-order chi connectivity index (χ0) is 20.5. The molecule has 0 fully saturated rings. The summed E-state index contributed by atoms with van der Waals surface area (Å²) in [6, 6.07) is 5.63. The van der Waals surface area contributed by atoms with E-state index < -0.39 is 30.6 Å². The number of guanidine groups is 1. The number of nitrogens with two attached hydrogens (primary N) is 1. The molecular formula is C18H17F4N3O3. The molecule has 1 unspecified atom stereocenters. The van der Waals surface area contributed by atoms with Crippen molar-refractivity contribution in [2.75, 3.05) is 7.05 Å². The summed E-state index contributed by atoms with van der Waals surface area (Å²) in [5.74, 6) is -1.29. The number of aliphatic imine (C=N–C) groups is 1. The molecule has 1 amide bonds. The maximum Gasteiger partial charge on any atom is 0.387 e. The van der Waals surface area contributed by atoms with Crippen LogP contribution in [0.5, 0.6) is 5.75 Å². The molecule has 1 heterocycles. The van der Waals surface area contributed by atoms with Gasteiger partial charge in [-0.15, -0.1) is 0 Å². The van der Waals surface area contributed by atoms with Crippen molar-refractivity contribution in [3.63, 3.8) is 0 Å². The predicted octanol–water partition coefficient (Wildman–Crippen LogP) is 2.97. The number of alkyl halides is 4. The Hall–Kier alpha value is -3.04. The standard InChI is InChI=1S/C18H17F4N3O3/c1-25-14(26)18(24-17(25)23,10-5-7-12(8-6-10)27-15(19)20)11-3-2-4-13(9-11)28-16(21)22/h2-5,7-10,15-16H,6H2,1H3,(H2,23,24)/t10?,18-/m1/s1. The summed E-state index contributed by atoms with van der Waals surface area (Å²) in [6.07, 6.45) is 4.40. The molecule has 10 heteroatoms. The molecule has 0 saturated heterocycles. The van der Waals surface area contributed by atoms with Gasteiger partial charge in [0.2, 0.25) is 0 Å². The summed E-state index contributed by atoms with van der Waals surface area (Å²) in [7, 11) is 1.44. The summed E-state index contributed by atoms with van der Waals surface area (Å²) >= 11 is 0. The first-order valence-corrected chi connectivity index (χ1v) is 8.26. The van der Waals surface area contributed by atoms with Gasteiger partial charge in [0, 0.05) is 13.0 Å². The van der Waals surface area contributed by atoms with Gasteiger partial charge < -0.3 is 15.2 Å². The van der Waals surface area contributed by atoms with Gasteiger partial charge in [0.15, 0.2) is 11.5 Å². The Balaban J connectivity index is 2.02. The SMILES string of the molecule is CN1C(=O)[C@](c2cccc(OC(F)F)c2)(C2C=CC(OC(F)F)=CC2)N=C1N. The van der Waals surface area contributed by atoms with E-state index in [1.54, 1.807) is 6.07 Å². The van der Waals surface area contributed by atoms with E-state index >= 15 is 0 Å². The van der Waals surface area contributed by atoms with Crippen molar-refractivity contribution in [1.29, 1.82) is 0 Å². The molecule has 2 N–H and O–H groups in total. The van der Waals surface area contributed by atoms with Crippen LogP contribution in [-0.4, -0.2) is 37.0 Å². The predicted molar refractivity (Wildman–Crippen MR) is 91.6 cm³/mol. The van der Waals surface area contributed by atoms with Gasteiger partial charge in [-0.3, -0.25) is 9.69 Å². The van der Waals surface area contributed by atoms with Gasteiger partial charge in [0.05, 0.1) is 0 Å². The van der Waals surface area contributed by atoms with Crippen LogP contribution in [0.25, 0.3) is 0 Å². The van der Waals surface area contributed by atoms with E-state index in [0.717, 1.165) is 4.90 Å². The molecule has 28 heavy (non-hydrogen) atoms. The van der Waals surface area contributed by atoms with Crippen molar-refractivity contribution in [3.8, 4) is 5.75 Å². The molecule has 1 aromatic rings. The topological polar surface area (TPSA) is 77.2 Å². The lowest BCUT2D eigenvalue weighted by Gasteiger charge is -2.33. The van der Waals surface area contributed by atoms with Crippen LogP contribution in [0.1, 0.15) is 12.0 Å². The Morgan fingerprint density at radius 2 is 1.96 bits per heavy atom. The smallest absolute Gasteiger partial charge is 0.387 e. The van der Waals surface area contributed by atoms with Gasteiger partial charge in [0.25, 0.3) is 5.91 Å². The van der Waals surface area contributed by atoms with Crippen LogP contribution in [0.3, 0.4) is 0 Å². The Labute approximate surface area is 157 Å². The van der Waals surface area contributed by atoms with Crippen molar-refractivity contribution >= 4 is 11.9 Å². The molecule has 150 valence electrons. The summed E-state index contributed by atoms with van der Waals surface area (Å²) in [6.45, 7) is -6.01. The molecular weight excluding hydrogens is 382 g/mol. The van der Waals surface area contributed by atoms with Crippen LogP contribution in [0.2, 0.25) is 0 Å². The van der Waals surface area contributed by atoms with Crippen molar-refractivity contribution in [2.24, 2.45) is 16.6 Å². The molecule has 0 aromatic heterocycles. The number of carbonyl (C=O) groups excluding carboxylic acids is 1. The Kier molecular flexibility index (Phi) is 5.30. The lowest BCUT2D eigenvalue weighted by atomic mass is 9.74. The normalized spacial score (nSPS) is 24.6. The lowest BCUT2D eigenvalue weighted by molar-refractivity contribution is -0.132. The molecule has 2 aliphatic rings. The fourth-order valence-electron chi connectivity index (χ4n) is 3.32. The van der Waals surface area contributed by atoms with Crippen LogP contribution in [-0.2, 0) is 15.1 Å². The highest BCUT2D eigenvalue weighted by Gasteiger charge is 2.52. The molecule has 1 aromatic carbocycles. The largest absolute Gasteiger partial charge is 0.435 e. The molecule has 0 saturated carbocycles. The second-order valence-corrected chi connectivity index (χ2v) is 6.19. The van der Waals surface area contributed by atoms with Crippen molar-refractivity contribution in [3.05, 3.63) is 53.8 Å². The van der Waals surface area contributed by atoms with Gasteiger partial charge in [-0.2, -0.15) is 17.6 Å². The Morgan fingerprint density at radius 3 is 2.50 bits per heavy atom. The Bertz CT molecular complexity index is 856. The number of ether oxygens (including phenoxy) is 2. The number of carbonyl (C=O) groups is 1. The number of hydrogen-bond acceptors (Lipinski definition) is 5. The average Bonchev–Trinajstić information content (AvgIpc) is 2.86. The monoisotopic (exact) mass is 399 g/mol. The Morgan fingerprint density at radius 1 is 1.25 bits per heavy atom. The molecule has 0 bridgehead atoms. The summed E-state index contributed by atoms with van der Waals surface area (Å²) in [4.78, 5) is 18.6. The number of halogens is 4. The van der Waals surface area contributed by atoms with Gasteiger partial charge in [-0.05, 0) is 36.3 Å². The maximum atomic E-state index is 13.1. The first kappa shape index (κ1) is 19.7. The minimum Gasteiger partial charge on any atom is -0.435 e. The number of amides is 1. The van der Waals surface area contributed by atoms with E-state index in [1.807, 2.05) is 0 Å². The van der Waals surface area contributed by atoms with Crippen LogP contribution in [0.4, 0.5) is 17.6 Å². The van der Waals surface area contributed by atoms with Crippen molar-refractivity contribution in [1.82, 2.24) is 4.90 Å². The fraction of sp³-hybridized carbons (Fsp3) is 0.333. The van der Waals surface area contributed by atoms with Crippen molar-refractivity contribution in [2.45, 2.75) is 25.2 Å². The van der Waals surface area contributed by atoms with Crippen LogP contribution < -0.4 is 10.5 Å². The third kappa shape index (κ3) is 3.54. The second-order valence-electron chi connectivity index (χ2n) is 6.19. The first-order chi connectivity index (χ1) is 13.2. The maximum absolute atomic E-state index is 13.1. The molecule has 3 rings (SSSR count). The minimum atomic E-state index is -3.03. The van der Waals surface area contributed by atoms with E-state index in [4.69, 9.17) is 5.73 Å². The third-order valence-electron chi connectivity index (χ3n) is 4.59. The third-order valence-corrected chi connectivity index (χ3v) is 4.59. The second kappa shape index (κ2) is 7.53. The number of rotatable bonds is 6. The van der Waals surface area contributed by atoms with E-state index in [0.29, 0.717) is 5.56 Å². The first-order valence-electron chi connectivity index (χ1n) is 8.26. The fourth-order valence-corrected chi connectivity index (χ4v) is 3.32. The summed E-state index contributed by atoms with van der Waals surface area (Å²) < 4.78 is 58.8. The lowest BCUT2D eigenvalue weighted by Crippen LogP contribution is -2.44. The number of hydrogen-bond donors (Lipinski definition) is 1. The van der Waals surface area contributed by atoms with Gasteiger partial charge in [-0.1, -0.05) is 18.2 Å². The molecule has 1 aliphatic heterocycles. The zero-order valence-electron chi connectivity index (χ0n) is 14.7. The summed E-state index contributed by atoms with van der Waals surface area (Å²) in [5, 5.41) is 0. The quantitative estimate of drug-likeness (QED) is 0.747. The van der Waals surface area contributed by atoms with Crippen LogP contribution in [0.15, 0.2) is 53.2 Å². The number of allylic oxidation sites excluding steroid dienone is 2. The highest BCUT2D eigenvalue weighted by molar-refractivity contribution is 6.07. The van der Waals surface area contributed by atoms with Gasteiger partial charge >= 0.3 is 13.2 Å². The van der Waals surface area contributed by atoms with E-state index in [1.165, 1.54) is 43.5 Å². The van der Waals surface area contributed by atoms with Gasteiger partial charge in [-0.25, -0.2) is 4.99 Å².